The van der Waals surface area contributed by atoms with E-state index in [1.54, 1.807) is 0 Å². The van der Waals surface area contributed by atoms with Gasteiger partial charge in [0.2, 0.25) is 0 Å². The average Bonchev–Trinajstić information content (AvgIpc) is 2.46. The highest BCUT2D eigenvalue weighted by Gasteiger charge is 2.48. The van der Waals surface area contributed by atoms with Crippen LogP contribution in [0.3, 0.4) is 0 Å². The lowest BCUT2D eigenvalue weighted by Gasteiger charge is -2.49. The summed E-state index contributed by atoms with van der Waals surface area (Å²) in [7, 11) is 0. The lowest BCUT2D eigenvalue weighted by atomic mass is 9.66. The Balaban J connectivity index is 1.81. The van der Waals surface area contributed by atoms with Crippen molar-refractivity contribution < 1.29 is 9.84 Å². The van der Waals surface area contributed by atoms with Crippen LogP contribution in [0.5, 0.6) is 0 Å². The van der Waals surface area contributed by atoms with Crippen LogP contribution in [0.2, 0.25) is 0 Å². The van der Waals surface area contributed by atoms with Crippen molar-refractivity contribution in [3.05, 3.63) is 0 Å². The Morgan fingerprint density at radius 2 is 1.67 bits per heavy atom. The quantitative estimate of drug-likeness (QED) is 0.713. The van der Waals surface area contributed by atoms with Gasteiger partial charge in [0.25, 0.3) is 0 Å². The van der Waals surface area contributed by atoms with Crippen LogP contribution in [-0.4, -0.2) is 23.4 Å². The van der Waals surface area contributed by atoms with Crippen LogP contribution in [0.1, 0.15) is 58.8 Å². The number of aliphatic hydroxyl groups excluding tert-OH is 1. The number of ether oxygens (including phenoxy) is 1. The number of rotatable bonds is 2. The third-order valence-electron chi connectivity index (χ3n) is 4.28. The second-order valence-electron chi connectivity index (χ2n) is 5.81. The fourth-order valence-electron chi connectivity index (χ4n) is 2.71. The molecule has 2 aliphatic carbocycles. The average molecular weight is 212 g/mol. The fourth-order valence-corrected chi connectivity index (χ4v) is 2.71. The molecule has 0 amide bonds. The highest BCUT2D eigenvalue weighted by Crippen LogP contribution is 2.43. The molecule has 2 unspecified atom stereocenters. The summed E-state index contributed by atoms with van der Waals surface area (Å²) in [6, 6.07) is 0. The lowest BCUT2D eigenvalue weighted by Crippen LogP contribution is -2.55. The fraction of sp³-hybridized carbons (Fsp3) is 1.00. The molecule has 0 aromatic rings. The molecule has 2 aliphatic rings. The van der Waals surface area contributed by atoms with Gasteiger partial charge in [0.05, 0.1) is 18.3 Å². The Morgan fingerprint density at radius 3 is 2.13 bits per heavy atom. The summed E-state index contributed by atoms with van der Waals surface area (Å²) >= 11 is 0. The Bertz CT molecular complexity index is 205. The van der Waals surface area contributed by atoms with E-state index >= 15 is 0 Å². The van der Waals surface area contributed by atoms with Gasteiger partial charge >= 0.3 is 0 Å². The molecule has 0 saturated heterocycles. The summed E-state index contributed by atoms with van der Waals surface area (Å²) < 4.78 is 6.13. The number of hydrogen-bond donors (Lipinski definition) is 1. The van der Waals surface area contributed by atoms with E-state index in [4.69, 9.17) is 4.74 Å². The maximum Gasteiger partial charge on any atom is 0.0679 e. The Morgan fingerprint density at radius 1 is 1.07 bits per heavy atom. The normalized spacial score (nSPS) is 37.0. The molecule has 0 radical (unpaired) electrons. The van der Waals surface area contributed by atoms with Crippen molar-refractivity contribution in [1.29, 1.82) is 0 Å². The van der Waals surface area contributed by atoms with Gasteiger partial charge in [-0.25, -0.2) is 0 Å². The van der Waals surface area contributed by atoms with Crippen molar-refractivity contribution in [2.75, 3.05) is 0 Å². The van der Waals surface area contributed by atoms with Crippen LogP contribution >= 0.6 is 0 Å². The Hall–Kier alpha value is -0.0800. The molecule has 2 saturated carbocycles. The second kappa shape index (κ2) is 4.42. The summed E-state index contributed by atoms with van der Waals surface area (Å²) in [5, 5.41) is 9.65. The monoisotopic (exact) mass is 212 g/mol. The van der Waals surface area contributed by atoms with Gasteiger partial charge < -0.3 is 9.84 Å². The highest BCUT2D eigenvalue weighted by atomic mass is 16.5. The van der Waals surface area contributed by atoms with E-state index in [0.717, 1.165) is 6.42 Å². The predicted molar refractivity (Wildman–Crippen MR) is 60.8 cm³/mol. The zero-order valence-corrected chi connectivity index (χ0v) is 10.0. The van der Waals surface area contributed by atoms with Gasteiger partial charge in [-0.05, 0) is 12.8 Å². The van der Waals surface area contributed by atoms with Crippen molar-refractivity contribution in [3.63, 3.8) is 0 Å². The summed E-state index contributed by atoms with van der Waals surface area (Å²) in [4.78, 5) is 0. The zero-order valence-electron chi connectivity index (χ0n) is 10.0. The minimum absolute atomic E-state index is 0.0215. The minimum Gasteiger partial charge on any atom is -0.392 e. The first-order valence-corrected chi connectivity index (χ1v) is 6.44. The van der Waals surface area contributed by atoms with Gasteiger partial charge in [0, 0.05) is 11.8 Å². The van der Waals surface area contributed by atoms with E-state index in [0.29, 0.717) is 6.10 Å². The van der Waals surface area contributed by atoms with Crippen molar-refractivity contribution in [2.24, 2.45) is 5.41 Å². The van der Waals surface area contributed by atoms with Crippen LogP contribution < -0.4 is 0 Å². The zero-order chi connectivity index (χ0) is 10.9. The van der Waals surface area contributed by atoms with Gasteiger partial charge in [-0.15, -0.1) is 0 Å². The van der Waals surface area contributed by atoms with Crippen LogP contribution in [0, 0.1) is 5.41 Å². The van der Waals surface area contributed by atoms with E-state index < -0.39 is 0 Å². The van der Waals surface area contributed by atoms with Gasteiger partial charge in [-0.1, -0.05) is 39.5 Å². The molecule has 15 heavy (non-hydrogen) atoms. The molecular formula is C13H24O2. The van der Waals surface area contributed by atoms with Crippen molar-refractivity contribution in [1.82, 2.24) is 0 Å². The first-order valence-electron chi connectivity index (χ1n) is 6.44. The lowest BCUT2D eigenvalue weighted by molar-refractivity contribution is -0.196. The molecule has 2 heteroatoms. The van der Waals surface area contributed by atoms with Crippen LogP contribution in [0.15, 0.2) is 0 Å². The highest BCUT2D eigenvalue weighted by molar-refractivity contribution is 4.98. The molecule has 0 heterocycles. The van der Waals surface area contributed by atoms with Crippen LogP contribution in [0.4, 0.5) is 0 Å². The topological polar surface area (TPSA) is 29.5 Å². The van der Waals surface area contributed by atoms with E-state index in [1.807, 2.05) is 0 Å². The standard InChI is InChI=1S/C13H24O2/c1-13(2)11(14)9-12(13)15-10-7-5-3-4-6-8-10/h10-12,14H,3-9H2,1-2H3. The Kier molecular flexibility index (Phi) is 3.36. The molecule has 0 spiro atoms. The van der Waals surface area contributed by atoms with E-state index in [9.17, 15) is 5.11 Å². The van der Waals surface area contributed by atoms with Gasteiger partial charge in [0.15, 0.2) is 0 Å². The van der Waals surface area contributed by atoms with E-state index in [-0.39, 0.29) is 17.6 Å². The molecule has 2 rings (SSSR count). The number of aliphatic hydroxyl groups is 1. The molecular weight excluding hydrogens is 188 g/mol. The summed E-state index contributed by atoms with van der Waals surface area (Å²) in [6.07, 6.45) is 9.26. The largest absolute Gasteiger partial charge is 0.392 e. The molecule has 0 aromatic heterocycles. The summed E-state index contributed by atoms with van der Waals surface area (Å²) in [6.45, 7) is 4.23. The summed E-state index contributed by atoms with van der Waals surface area (Å²) in [5.74, 6) is 0. The van der Waals surface area contributed by atoms with E-state index in [2.05, 4.69) is 13.8 Å². The molecule has 1 N–H and O–H groups in total. The third-order valence-corrected chi connectivity index (χ3v) is 4.28. The molecule has 88 valence electrons. The second-order valence-corrected chi connectivity index (χ2v) is 5.81. The first-order chi connectivity index (χ1) is 7.10. The van der Waals surface area contributed by atoms with Gasteiger partial charge in [-0.2, -0.15) is 0 Å². The molecule has 0 bridgehead atoms. The smallest absolute Gasteiger partial charge is 0.0679 e. The van der Waals surface area contributed by atoms with Crippen molar-refractivity contribution in [2.45, 2.75) is 77.1 Å². The molecule has 2 nitrogen and oxygen atoms in total. The van der Waals surface area contributed by atoms with Crippen LogP contribution in [0.25, 0.3) is 0 Å². The Labute approximate surface area is 93.0 Å². The van der Waals surface area contributed by atoms with E-state index in [1.165, 1.54) is 38.5 Å². The first kappa shape index (κ1) is 11.4. The minimum atomic E-state index is -0.159. The number of hydrogen-bond acceptors (Lipinski definition) is 2. The molecule has 2 fully saturated rings. The summed E-state index contributed by atoms with van der Waals surface area (Å²) in [5.41, 5.74) is -0.0215. The molecule has 2 atom stereocenters. The van der Waals surface area contributed by atoms with Crippen molar-refractivity contribution >= 4 is 0 Å². The maximum atomic E-state index is 9.65. The van der Waals surface area contributed by atoms with Crippen molar-refractivity contribution in [3.8, 4) is 0 Å². The van der Waals surface area contributed by atoms with Gasteiger partial charge in [-0.3, -0.25) is 0 Å². The van der Waals surface area contributed by atoms with Crippen LogP contribution in [-0.2, 0) is 4.74 Å². The van der Waals surface area contributed by atoms with Gasteiger partial charge in [0.1, 0.15) is 0 Å². The SMILES string of the molecule is CC1(C)C(O)CC1OC1CCCCCC1. The third kappa shape index (κ3) is 2.36. The molecule has 0 aliphatic heterocycles. The molecule has 0 aromatic carbocycles. The maximum absolute atomic E-state index is 9.65. The predicted octanol–water partition coefficient (Wildman–Crippen LogP) is 2.89.